The number of carbonyl (C=O) groups excluding carboxylic acids is 2. The minimum absolute atomic E-state index is 0.00705. The fourth-order valence-electron chi connectivity index (χ4n) is 2.29. The van der Waals surface area contributed by atoms with Gasteiger partial charge in [0.05, 0.1) is 0 Å². The van der Waals surface area contributed by atoms with Crippen molar-refractivity contribution in [3.05, 3.63) is 65.7 Å². The summed E-state index contributed by atoms with van der Waals surface area (Å²) >= 11 is 0. The summed E-state index contributed by atoms with van der Waals surface area (Å²) in [6.07, 6.45) is -0.925. The van der Waals surface area contributed by atoms with Crippen LogP contribution in [0.4, 0.5) is 10.5 Å². The molecule has 4 N–H and O–H groups in total. The number of ether oxygens (including phenoxy) is 1. The molecule has 0 aromatic heterocycles. The number of carboxylic acid groups (broad SMARTS) is 1. The molecule has 0 aliphatic carbocycles. The molecule has 26 heavy (non-hydrogen) atoms. The second-order valence-electron chi connectivity index (χ2n) is 5.64. The lowest BCUT2D eigenvalue weighted by Gasteiger charge is -2.14. The third-order valence-corrected chi connectivity index (χ3v) is 3.76. The number of alkyl carbamates (subject to hydrolysis) is 1. The number of nitrogens with two attached hydrogens (primary N) is 1. The summed E-state index contributed by atoms with van der Waals surface area (Å²) in [5, 5.41) is 11.5. The van der Waals surface area contributed by atoms with Crippen molar-refractivity contribution in [2.45, 2.75) is 25.5 Å². The number of Topliss-reactive ketones (excluding diaryl/α,β-unsaturated/α-hetero) is 1. The Bertz CT molecular complexity index is 777. The van der Waals surface area contributed by atoms with E-state index in [0.29, 0.717) is 16.8 Å². The topological polar surface area (TPSA) is 119 Å². The quantitative estimate of drug-likeness (QED) is 0.494. The second kappa shape index (κ2) is 9.22. The first-order valence-electron chi connectivity index (χ1n) is 8.05. The molecule has 0 bridgehead atoms. The molecule has 0 fully saturated rings. The van der Waals surface area contributed by atoms with Crippen LogP contribution < -0.4 is 11.1 Å². The maximum absolute atomic E-state index is 12.1. The molecule has 7 nitrogen and oxygen atoms in total. The van der Waals surface area contributed by atoms with Gasteiger partial charge >= 0.3 is 12.1 Å². The van der Waals surface area contributed by atoms with Crippen molar-refractivity contribution in [2.75, 3.05) is 5.73 Å². The van der Waals surface area contributed by atoms with Crippen LogP contribution in [-0.2, 0) is 16.1 Å². The van der Waals surface area contributed by atoms with Crippen LogP contribution in [0.5, 0.6) is 0 Å². The number of ketones is 1. The highest BCUT2D eigenvalue weighted by molar-refractivity contribution is 5.96. The molecular weight excluding hydrogens is 336 g/mol. The average molecular weight is 356 g/mol. The number of nitrogen functional groups attached to an aromatic ring is 1. The predicted molar refractivity (Wildman–Crippen MR) is 95.6 cm³/mol. The van der Waals surface area contributed by atoms with Crippen molar-refractivity contribution in [3.63, 3.8) is 0 Å². The Morgan fingerprint density at radius 2 is 1.69 bits per heavy atom. The van der Waals surface area contributed by atoms with E-state index < -0.39 is 18.1 Å². The number of hydrogen-bond donors (Lipinski definition) is 3. The van der Waals surface area contributed by atoms with Crippen LogP contribution in [0.2, 0.25) is 0 Å². The first-order chi connectivity index (χ1) is 12.5. The Labute approximate surface area is 150 Å². The molecular formula is C19H20N2O5. The van der Waals surface area contributed by atoms with Crippen molar-refractivity contribution in [2.24, 2.45) is 0 Å². The number of nitrogens with one attached hydrogen (secondary N) is 1. The molecule has 2 rings (SSSR count). The van der Waals surface area contributed by atoms with Crippen molar-refractivity contribution >= 4 is 23.5 Å². The lowest BCUT2D eigenvalue weighted by molar-refractivity contribution is -0.139. The van der Waals surface area contributed by atoms with Crippen molar-refractivity contribution < 1.29 is 24.2 Å². The Morgan fingerprint density at radius 3 is 2.35 bits per heavy atom. The molecule has 1 amide bonds. The molecule has 0 spiro atoms. The van der Waals surface area contributed by atoms with E-state index in [-0.39, 0.29) is 25.2 Å². The van der Waals surface area contributed by atoms with E-state index in [1.54, 1.807) is 54.6 Å². The highest BCUT2D eigenvalue weighted by Gasteiger charge is 2.22. The maximum atomic E-state index is 12.1. The molecule has 2 aromatic rings. The number of para-hydroxylation sites is 1. The molecule has 136 valence electrons. The van der Waals surface area contributed by atoms with Gasteiger partial charge in [0.25, 0.3) is 0 Å². The summed E-state index contributed by atoms with van der Waals surface area (Å²) < 4.78 is 5.00. The minimum Gasteiger partial charge on any atom is -0.480 e. The van der Waals surface area contributed by atoms with Gasteiger partial charge < -0.3 is 20.9 Å². The van der Waals surface area contributed by atoms with E-state index in [1.807, 2.05) is 0 Å². The molecule has 7 heteroatoms. The predicted octanol–water partition coefficient (Wildman–Crippen LogP) is 2.61. The molecule has 0 heterocycles. The average Bonchev–Trinajstić information content (AvgIpc) is 2.64. The van der Waals surface area contributed by atoms with E-state index in [2.05, 4.69) is 5.32 Å². The molecule has 0 radical (unpaired) electrons. The molecule has 2 aromatic carbocycles. The summed E-state index contributed by atoms with van der Waals surface area (Å²) in [5.74, 6) is -1.42. The van der Waals surface area contributed by atoms with Gasteiger partial charge in [-0.15, -0.1) is 0 Å². The van der Waals surface area contributed by atoms with E-state index >= 15 is 0 Å². The first-order valence-corrected chi connectivity index (χ1v) is 8.05. The van der Waals surface area contributed by atoms with Crippen LogP contribution in [0.3, 0.4) is 0 Å². The number of anilines is 1. The van der Waals surface area contributed by atoms with Gasteiger partial charge in [-0.3, -0.25) is 4.79 Å². The second-order valence-corrected chi connectivity index (χ2v) is 5.64. The van der Waals surface area contributed by atoms with Crippen molar-refractivity contribution in [1.29, 1.82) is 0 Å². The molecule has 0 saturated carbocycles. The number of benzene rings is 2. The summed E-state index contributed by atoms with van der Waals surface area (Å²) in [7, 11) is 0. The molecule has 0 aliphatic rings. The minimum atomic E-state index is -1.23. The standard InChI is InChI=1S/C19H20N2O5/c20-15-9-5-4-8-14(15)12-26-19(25)21-16(18(23)24)10-11-17(22)13-6-2-1-3-7-13/h1-9,16H,10-12,20H2,(H,21,25)(H,23,24). The zero-order valence-corrected chi connectivity index (χ0v) is 14.1. The van der Waals surface area contributed by atoms with Gasteiger partial charge in [-0.1, -0.05) is 48.5 Å². The van der Waals surface area contributed by atoms with E-state index in [9.17, 15) is 19.5 Å². The monoisotopic (exact) mass is 356 g/mol. The largest absolute Gasteiger partial charge is 0.480 e. The maximum Gasteiger partial charge on any atom is 0.408 e. The number of hydrogen-bond acceptors (Lipinski definition) is 5. The van der Waals surface area contributed by atoms with Gasteiger partial charge in [-0.25, -0.2) is 9.59 Å². The number of carbonyl (C=O) groups is 3. The normalized spacial score (nSPS) is 11.4. The Hall–Kier alpha value is -3.35. The fourth-order valence-corrected chi connectivity index (χ4v) is 2.29. The van der Waals surface area contributed by atoms with Crippen LogP contribution in [0.1, 0.15) is 28.8 Å². The van der Waals surface area contributed by atoms with Gasteiger partial charge in [-0.2, -0.15) is 0 Å². The fraction of sp³-hybridized carbons (Fsp3) is 0.211. The van der Waals surface area contributed by atoms with E-state index in [1.165, 1.54) is 0 Å². The molecule has 1 unspecified atom stereocenters. The van der Waals surface area contributed by atoms with Crippen LogP contribution >= 0.6 is 0 Å². The van der Waals surface area contributed by atoms with Gasteiger partial charge in [0.2, 0.25) is 0 Å². The summed E-state index contributed by atoms with van der Waals surface area (Å²) in [5.41, 5.74) is 7.34. The van der Waals surface area contributed by atoms with Crippen LogP contribution in [-0.4, -0.2) is 29.0 Å². The van der Waals surface area contributed by atoms with Crippen LogP contribution in [0.25, 0.3) is 0 Å². The SMILES string of the molecule is Nc1ccccc1COC(=O)NC(CCC(=O)c1ccccc1)C(=O)O. The molecule has 0 aliphatic heterocycles. The third-order valence-electron chi connectivity index (χ3n) is 3.76. The Balaban J connectivity index is 1.85. The highest BCUT2D eigenvalue weighted by atomic mass is 16.5. The molecule has 1 atom stereocenters. The Kier molecular flexibility index (Phi) is 6.73. The van der Waals surface area contributed by atoms with Crippen LogP contribution in [0, 0.1) is 0 Å². The van der Waals surface area contributed by atoms with Crippen LogP contribution in [0.15, 0.2) is 54.6 Å². The lowest BCUT2D eigenvalue weighted by atomic mass is 10.0. The zero-order chi connectivity index (χ0) is 18.9. The van der Waals surface area contributed by atoms with Gasteiger partial charge in [0, 0.05) is 23.2 Å². The van der Waals surface area contributed by atoms with Gasteiger partial charge in [0.15, 0.2) is 5.78 Å². The zero-order valence-electron chi connectivity index (χ0n) is 14.1. The smallest absolute Gasteiger partial charge is 0.408 e. The lowest BCUT2D eigenvalue weighted by Crippen LogP contribution is -2.41. The number of carboxylic acids is 1. The third kappa shape index (κ3) is 5.62. The summed E-state index contributed by atoms with van der Waals surface area (Å²) in [6.45, 7) is -0.0756. The van der Waals surface area contributed by atoms with Gasteiger partial charge in [-0.05, 0) is 12.5 Å². The highest BCUT2D eigenvalue weighted by Crippen LogP contribution is 2.12. The summed E-state index contributed by atoms with van der Waals surface area (Å²) in [4.78, 5) is 35.2. The van der Waals surface area contributed by atoms with Crippen molar-refractivity contribution in [3.8, 4) is 0 Å². The molecule has 0 saturated heterocycles. The van der Waals surface area contributed by atoms with Crippen molar-refractivity contribution in [1.82, 2.24) is 5.32 Å². The van der Waals surface area contributed by atoms with E-state index in [4.69, 9.17) is 10.5 Å². The number of amides is 1. The number of rotatable bonds is 8. The Morgan fingerprint density at radius 1 is 1.04 bits per heavy atom. The van der Waals surface area contributed by atoms with E-state index in [0.717, 1.165) is 0 Å². The number of aliphatic carboxylic acids is 1. The summed E-state index contributed by atoms with van der Waals surface area (Å²) in [6, 6.07) is 14.2. The first kappa shape index (κ1) is 19.0. The van der Waals surface area contributed by atoms with Gasteiger partial charge in [0.1, 0.15) is 12.6 Å².